The first-order chi connectivity index (χ1) is 6.09. The zero-order valence-electron chi connectivity index (χ0n) is 7.92. The van der Waals surface area contributed by atoms with Crippen LogP contribution in [0, 0.1) is 0 Å². The van der Waals surface area contributed by atoms with Crippen LogP contribution in [0.5, 0.6) is 0 Å². The minimum Gasteiger partial charge on any atom is -0.324 e. The van der Waals surface area contributed by atoms with Crippen LogP contribution in [-0.4, -0.2) is 6.04 Å². The molecule has 1 nitrogen and oxygen atoms in total. The lowest BCUT2D eigenvalue weighted by Gasteiger charge is -2.04. The van der Waals surface area contributed by atoms with E-state index in [2.05, 4.69) is 6.08 Å². The van der Waals surface area contributed by atoms with Crippen LogP contribution in [0.4, 0.5) is 0 Å². The van der Waals surface area contributed by atoms with Crippen LogP contribution in [0.2, 0.25) is 5.02 Å². The number of nitrogens with two attached hydrogens (primary N) is 1. The fourth-order valence-electron chi connectivity index (χ4n) is 0.953. The second-order valence-corrected chi connectivity index (χ2v) is 3.67. The summed E-state index contributed by atoms with van der Waals surface area (Å²) in [5, 5.41) is 0.760. The topological polar surface area (TPSA) is 26.0 Å². The van der Waals surface area contributed by atoms with Crippen molar-refractivity contribution in [3.8, 4) is 0 Å². The first-order valence-electron chi connectivity index (χ1n) is 4.29. The molecule has 1 aromatic rings. The van der Waals surface area contributed by atoms with Crippen molar-refractivity contribution in [1.29, 1.82) is 0 Å². The van der Waals surface area contributed by atoms with Gasteiger partial charge in [0.15, 0.2) is 0 Å². The summed E-state index contributed by atoms with van der Waals surface area (Å²) in [5.41, 5.74) is 8.03. The number of hydrogen-bond acceptors (Lipinski definition) is 1. The van der Waals surface area contributed by atoms with E-state index in [1.165, 1.54) is 5.57 Å². The molecule has 1 aromatic carbocycles. The predicted octanol–water partition coefficient (Wildman–Crippen LogP) is 3.09. The summed E-state index contributed by atoms with van der Waals surface area (Å²) < 4.78 is 0. The summed E-state index contributed by atoms with van der Waals surface area (Å²) in [6.07, 6.45) is 2.07. The molecular weight excluding hydrogens is 182 g/mol. The minimum atomic E-state index is 0.107. The fraction of sp³-hybridized carbons (Fsp3) is 0.273. The van der Waals surface area contributed by atoms with Gasteiger partial charge < -0.3 is 5.73 Å². The van der Waals surface area contributed by atoms with Crippen LogP contribution >= 0.6 is 11.6 Å². The highest BCUT2D eigenvalue weighted by Gasteiger charge is 1.96. The summed E-state index contributed by atoms with van der Waals surface area (Å²) in [6.45, 7) is 4.00. The lowest BCUT2D eigenvalue weighted by Crippen LogP contribution is -2.15. The zero-order valence-corrected chi connectivity index (χ0v) is 8.68. The van der Waals surface area contributed by atoms with Crippen LogP contribution in [0.25, 0.3) is 6.08 Å². The smallest absolute Gasteiger partial charge is 0.0406 e. The van der Waals surface area contributed by atoms with Crippen LogP contribution in [0.15, 0.2) is 29.8 Å². The number of hydrogen-bond donors (Lipinski definition) is 1. The first kappa shape index (κ1) is 10.3. The molecule has 0 saturated carbocycles. The maximum Gasteiger partial charge on any atom is 0.0406 e. The molecule has 0 unspecified atom stereocenters. The normalized spacial score (nSPS) is 14.3. The maximum absolute atomic E-state index is 5.77. The molecule has 1 rings (SSSR count). The molecule has 0 aliphatic carbocycles. The van der Waals surface area contributed by atoms with Gasteiger partial charge in [-0.05, 0) is 31.5 Å². The molecule has 2 heteroatoms. The Bertz CT molecular complexity index is 298. The van der Waals surface area contributed by atoms with E-state index in [9.17, 15) is 0 Å². The average Bonchev–Trinajstić information content (AvgIpc) is 2.08. The second kappa shape index (κ2) is 4.45. The summed E-state index contributed by atoms with van der Waals surface area (Å²) >= 11 is 5.77. The third-order valence-electron chi connectivity index (χ3n) is 1.98. The Kier molecular flexibility index (Phi) is 3.52. The maximum atomic E-state index is 5.77. The highest BCUT2D eigenvalue weighted by atomic mass is 35.5. The molecule has 13 heavy (non-hydrogen) atoms. The average molecular weight is 196 g/mol. The van der Waals surface area contributed by atoms with Gasteiger partial charge in [0.2, 0.25) is 0 Å². The molecule has 0 radical (unpaired) electrons. The number of rotatable bonds is 2. The second-order valence-electron chi connectivity index (χ2n) is 3.23. The molecule has 0 spiro atoms. The molecule has 2 N–H and O–H groups in total. The standard InChI is InChI=1S/C11H14ClN/c1-8(9(2)13)7-10-3-5-11(12)6-4-10/h3-7,9H,13H2,1-2H3/b8-7+/t9-/m1/s1. The van der Waals surface area contributed by atoms with Gasteiger partial charge in [-0.3, -0.25) is 0 Å². The lowest BCUT2D eigenvalue weighted by atomic mass is 10.1. The molecule has 1 atom stereocenters. The first-order valence-corrected chi connectivity index (χ1v) is 4.67. The Labute approximate surface area is 84.2 Å². The van der Waals surface area contributed by atoms with E-state index in [1.807, 2.05) is 38.1 Å². The van der Waals surface area contributed by atoms with Gasteiger partial charge in [0.05, 0.1) is 0 Å². The van der Waals surface area contributed by atoms with Gasteiger partial charge in [-0.25, -0.2) is 0 Å². The van der Waals surface area contributed by atoms with Crippen molar-refractivity contribution in [2.75, 3.05) is 0 Å². The third-order valence-corrected chi connectivity index (χ3v) is 2.23. The summed E-state index contributed by atoms with van der Waals surface area (Å²) in [4.78, 5) is 0. The van der Waals surface area contributed by atoms with Gasteiger partial charge in [-0.2, -0.15) is 0 Å². The molecule has 0 bridgehead atoms. The monoisotopic (exact) mass is 195 g/mol. The van der Waals surface area contributed by atoms with E-state index >= 15 is 0 Å². The van der Waals surface area contributed by atoms with Gasteiger partial charge in [0.1, 0.15) is 0 Å². The molecule has 0 heterocycles. The van der Waals surface area contributed by atoms with Crippen molar-refractivity contribution in [1.82, 2.24) is 0 Å². The van der Waals surface area contributed by atoms with Gasteiger partial charge >= 0.3 is 0 Å². The van der Waals surface area contributed by atoms with Crippen molar-refractivity contribution < 1.29 is 0 Å². The Hall–Kier alpha value is -0.790. The molecule has 0 saturated heterocycles. The van der Waals surface area contributed by atoms with Gasteiger partial charge in [-0.1, -0.05) is 35.4 Å². The molecule has 0 aromatic heterocycles. The van der Waals surface area contributed by atoms with Gasteiger partial charge in [0, 0.05) is 11.1 Å². The van der Waals surface area contributed by atoms with E-state index in [-0.39, 0.29) is 6.04 Å². The summed E-state index contributed by atoms with van der Waals surface area (Å²) in [7, 11) is 0. The quantitative estimate of drug-likeness (QED) is 0.771. The largest absolute Gasteiger partial charge is 0.324 e. The Balaban J connectivity index is 2.85. The number of halogens is 1. The van der Waals surface area contributed by atoms with Gasteiger partial charge in [-0.15, -0.1) is 0 Å². The molecule has 0 fully saturated rings. The predicted molar refractivity (Wildman–Crippen MR) is 58.8 cm³/mol. The lowest BCUT2D eigenvalue weighted by molar-refractivity contribution is 0.868. The minimum absolute atomic E-state index is 0.107. The Morgan fingerprint density at radius 2 is 1.92 bits per heavy atom. The van der Waals surface area contributed by atoms with Gasteiger partial charge in [0.25, 0.3) is 0 Å². The molecule has 0 aliphatic rings. The molecule has 70 valence electrons. The van der Waals surface area contributed by atoms with E-state index in [1.54, 1.807) is 0 Å². The molecular formula is C11H14ClN. The van der Waals surface area contributed by atoms with Crippen LogP contribution < -0.4 is 5.73 Å². The summed E-state index contributed by atoms with van der Waals surface area (Å²) in [6, 6.07) is 7.82. The molecule has 0 amide bonds. The molecule has 0 aliphatic heterocycles. The van der Waals surface area contributed by atoms with E-state index < -0.39 is 0 Å². The van der Waals surface area contributed by atoms with Crippen LogP contribution in [-0.2, 0) is 0 Å². The van der Waals surface area contributed by atoms with E-state index in [0.717, 1.165) is 10.6 Å². The van der Waals surface area contributed by atoms with Crippen molar-refractivity contribution in [3.63, 3.8) is 0 Å². The highest BCUT2D eigenvalue weighted by molar-refractivity contribution is 6.30. The van der Waals surface area contributed by atoms with Crippen molar-refractivity contribution in [2.45, 2.75) is 19.9 Å². The van der Waals surface area contributed by atoms with Crippen molar-refractivity contribution in [3.05, 3.63) is 40.4 Å². The third kappa shape index (κ3) is 3.21. The Morgan fingerprint density at radius 3 is 2.38 bits per heavy atom. The van der Waals surface area contributed by atoms with E-state index in [4.69, 9.17) is 17.3 Å². The zero-order chi connectivity index (χ0) is 9.84. The summed E-state index contributed by atoms with van der Waals surface area (Å²) in [5.74, 6) is 0. The SMILES string of the molecule is C/C(=C\c1ccc(Cl)cc1)[C@@H](C)N. The van der Waals surface area contributed by atoms with E-state index in [0.29, 0.717) is 0 Å². The Morgan fingerprint density at radius 1 is 1.38 bits per heavy atom. The van der Waals surface area contributed by atoms with Crippen molar-refractivity contribution in [2.24, 2.45) is 5.73 Å². The highest BCUT2D eigenvalue weighted by Crippen LogP contribution is 2.13. The van der Waals surface area contributed by atoms with Crippen LogP contribution in [0.1, 0.15) is 19.4 Å². The van der Waals surface area contributed by atoms with Crippen molar-refractivity contribution >= 4 is 17.7 Å². The number of benzene rings is 1. The fourth-order valence-corrected chi connectivity index (χ4v) is 1.08. The van der Waals surface area contributed by atoms with Crippen LogP contribution in [0.3, 0.4) is 0 Å².